The van der Waals surface area contributed by atoms with E-state index in [0.717, 1.165) is 28.7 Å². The summed E-state index contributed by atoms with van der Waals surface area (Å²) in [7, 11) is 0. The molecule has 0 aliphatic heterocycles. The minimum Gasteiger partial charge on any atom is -0.480 e. The molecule has 0 saturated heterocycles. The lowest BCUT2D eigenvalue weighted by molar-refractivity contribution is -0.147. The molecule has 5 unspecified atom stereocenters. The van der Waals surface area contributed by atoms with E-state index < -0.39 is 17.0 Å². The molecule has 7 atom stereocenters. The highest BCUT2D eigenvalue weighted by Gasteiger charge is 2.70. The van der Waals surface area contributed by atoms with Crippen LogP contribution in [0.25, 0.3) is 0 Å². The maximum absolute atomic E-state index is 13.4. The molecule has 10 aliphatic rings. The highest BCUT2D eigenvalue weighted by Crippen LogP contribution is 2.73. The standard InChI is InChI=1S/C33H22O3/c34-31(35)32-11-9-17-4-7-19-13-18-6-3-15-1-2-16-5-8-20-14-21(10-12-32)28-30(32)24(17)26(19)29-25(18)22(15)23(16)27(20)33(28,29)36/h1-5,7-14,22,24,26-27,30,36H,6H2,(H,34,35)/t22?,24?,26?,27?,30?,32-,33+/m0/s1. The highest BCUT2D eigenvalue weighted by atomic mass is 16.4. The molecule has 0 amide bonds. The van der Waals surface area contributed by atoms with Crippen LogP contribution in [-0.2, 0) is 4.79 Å². The van der Waals surface area contributed by atoms with Gasteiger partial charge in [0.05, 0.1) is 0 Å². The van der Waals surface area contributed by atoms with Gasteiger partial charge in [-0.3, -0.25) is 4.79 Å². The molecule has 0 aromatic heterocycles. The Kier molecular flexibility index (Phi) is 2.76. The molecule has 172 valence electrons. The van der Waals surface area contributed by atoms with Crippen molar-refractivity contribution in [2.24, 2.45) is 35.0 Å². The number of carbonyl (C=O) groups is 1. The molecule has 0 aromatic rings. The fraction of sp³-hybridized carbons (Fsp3) is 0.242. The van der Waals surface area contributed by atoms with Crippen molar-refractivity contribution in [3.05, 3.63) is 140 Å². The number of carboxylic acids is 1. The number of allylic oxidation sites excluding steroid dienone is 18. The summed E-state index contributed by atoms with van der Waals surface area (Å²) in [6.07, 6.45) is 28.9. The lowest BCUT2D eigenvalue weighted by Crippen LogP contribution is -2.64. The normalized spacial score (nSPS) is 43.8. The fourth-order valence-corrected chi connectivity index (χ4v) is 9.62. The zero-order valence-corrected chi connectivity index (χ0v) is 19.4. The van der Waals surface area contributed by atoms with Crippen LogP contribution in [0.3, 0.4) is 0 Å². The number of aliphatic carboxylic acids is 1. The molecule has 3 heteroatoms. The summed E-state index contributed by atoms with van der Waals surface area (Å²) < 4.78 is 0. The molecular weight excluding hydrogens is 444 g/mol. The topological polar surface area (TPSA) is 57.5 Å². The van der Waals surface area contributed by atoms with Gasteiger partial charge in [0.15, 0.2) is 0 Å². The van der Waals surface area contributed by atoms with E-state index in [1.807, 2.05) is 24.3 Å². The van der Waals surface area contributed by atoms with Gasteiger partial charge in [0, 0.05) is 29.6 Å². The zero-order valence-electron chi connectivity index (χ0n) is 19.4. The van der Waals surface area contributed by atoms with E-state index in [0.29, 0.717) is 0 Å². The van der Waals surface area contributed by atoms with Crippen molar-refractivity contribution in [1.82, 2.24) is 0 Å². The van der Waals surface area contributed by atoms with Gasteiger partial charge in [0.2, 0.25) is 0 Å². The fourth-order valence-electron chi connectivity index (χ4n) is 9.62. The van der Waals surface area contributed by atoms with E-state index in [9.17, 15) is 15.0 Å². The van der Waals surface area contributed by atoms with Crippen molar-refractivity contribution in [2.75, 3.05) is 0 Å². The summed E-state index contributed by atoms with van der Waals surface area (Å²) in [6, 6.07) is 0. The molecule has 2 N–H and O–H groups in total. The summed E-state index contributed by atoms with van der Waals surface area (Å²) in [6.45, 7) is 0. The smallest absolute Gasteiger partial charge is 0.318 e. The van der Waals surface area contributed by atoms with Crippen molar-refractivity contribution in [2.45, 2.75) is 12.0 Å². The Morgan fingerprint density at radius 3 is 2.53 bits per heavy atom. The third kappa shape index (κ3) is 1.63. The van der Waals surface area contributed by atoms with Crippen LogP contribution in [0.2, 0.25) is 0 Å². The number of hydrogen-bond donors (Lipinski definition) is 2. The molecule has 0 spiro atoms. The van der Waals surface area contributed by atoms with Gasteiger partial charge in [-0.25, -0.2) is 0 Å². The Hall–Kier alpha value is -3.69. The van der Waals surface area contributed by atoms with Crippen molar-refractivity contribution < 1.29 is 15.0 Å². The summed E-state index contributed by atoms with van der Waals surface area (Å²) in [4.78, 5) is 13.0. The highest BCUT2D eigenvalue weighted by molar-refractivity contribution is 5.86. The second-order valence-electron chi connectivity index (χ2n) is 11.8. The first-order valence-corrected chi connectivity index (χ1v) is 13.0. The number of carboxylic acid groups (broad SMARTS) is 1. The molecular formula is C33H22O3. The Balaban J connectivity index is 1.43. The van der Waals surface area contributed by atoms with Crippen LogP contribution in [0.1, 0.15) is 6.42 Å². The van der Waals surface area contributed by atoms with Gasteiger partial charge in [-0.05, 0) is 67.7 Å². The van der Waals surface area contributed by atoms with Crippen molar-refractivity contribution in [1.29, 1.82) is 0 Å². The molecule has 3 nitrogen and oxygen atoms in total. The Morgan fingerprint density at radius 1 is 0.861 bits per heavy atom. The first-order valence-electron chi connectivity index (χ1n) is 13.0. The Morgan fingerprint density at radius 2 is 1.67 bits per heavy atom. The van der Waals surface area contributed by atoms with Gasteiger partial charge in [-0.2, -0.15) is 0 Å². The van der Waals surface area contributed by atoms with E-state index in [-0.39, 0.29) is 29.6 Å². The number of hydrogen-bond acceptors (Lipinski definition) is 2. The minimum absolute atomic E-state index is 0.000521. The van der Waals surface area contributed by atoms with Gasteiger partial charge in [-0.15, -0.1) is 0 Å². The average Bonchev–Trinajstić information content (AvgIpc) is 2.89. The van der Waals surface area contributed by atoms with Gasteiger partial charge < -0.3 is 10.2 Å². The van der Waals surface area contributed by atoms with Gasteiger partial charge in [-0.1, -0.05) is 79.0 Å². The van der Waals surface area contributed by atoms with Crippen LogP contribution < -0.4 is 0 Å². The van der Waals surface area contributed by atoms with E-state index >= 15 is 0 Å². The van der Waals surface area contributed by atoms with Crippen LogP contribution in [0, 0.1) is 35.0 Å². The van der Waals surface area contributed by atoms with Gasteiger partial charge >= 0.3 is 5.97 Å². The second-order valence-corrected chi connectivity index (χ2v) is 11.8. The Labute approximate surface area is 208 Å². The van der Waals surface area contributed by atoms with Crippen LogP contribution in [-0.4, -0.2) is 21.8 Å². The third-order valence-corrected chi connectivity index (χ3v) is 10.8. The summed E-state index contributed by atoms with van der Waals surface area (Å²) in [5.74, 6) is -1.13. The molecule has 0 aromatic carbocycles. The molecule has 10 aliphatic carbocycles. The lowest BCUT2D eigenvalue weighted by Gasteiger charge is -2.65. The summed E-state index contributed by atoms with van der Waals surface area (Å²) in [5, 5.41) is 24.0. The van der Waals surface area contributed by atoms with E-state index in [1.54, 1.807) is 0 Å². The SMILES string of the molecule is O=C(O)[C@]12C=CC3=CC=C4C=C5CC=C6C=CC7=C8C6C5=C5C4C3C1C1=C(C=C2)C=C(C=C7)C8[C@]51O. The van der Waals surface area contributed by atoms with Crippen molar-refractivity contribution in [3.63, 3.8) is 0 Å². The third-order valence-electron chi connectivity index (χ3n) is 10.8. The zero-order chi connectivity index (χ0) is 23.7. The van der Waals surface area contributed by atoms with E-state index in [4.69, 9.17) is 0 Å². The minimum atomic E-state index is -1.21. The predicted molar refractivity (Wildman–Crippen MR) is 135 cm³/mol. The van der Waals surface area contributed by atoms with Crippen molar-refractivity contribution >= 4 is 5.97 Å². The monoisotopic (exact) mass is 466 g/mol. The Bertz CT molecular complexity index is 1720. The molecule has 1 saturated carbocycles. The van der Waals surface area contributed by atoms with E-state index in [1.165, 1.54) is 39.0 Å². The number of aliphatic hydroxyl groups is 1. The van der Waals surface area contributed by atoms with Crippen LogP contribution in [0.4, 0.5) is 0 Å². The van der Waals surface area contributed by atoms with Gasteiger partial charge in [0.1, 0.15) is 11.0 Å². The lowest BCUT2D eigenvalue weighted by atomic mass is 9.38. The predicted octanol–water partition coefficient (Wildman–Crippen LogP) is 5.14. The first-order chi connectivity index (χ1) is 17.5. The first kappa shape index (κ1) is 18.6. The average molecular weight is 467 g/mol. The van der Waals surface area contributed by atoms with Crippen LogP contribution in [0.15, 0.2) is 140 Å². The van der Waals surface area contributed by atoms with Crippen LogP contribution >= 0.6 is 0 Å². The molecule has 1 fully saturated rings. The molecule has 0 heterocycles. The summed E-state index contributed by atoms with van der Waals surface area (Å²) in [5.41, 5.74) is 10.8. The van der Waals surface area contributed by atoms with E-state index in [2.05, 4.69) is 54.7 Å². The maximum atomic E-state index is 13.4. The van der Waals surface area contributed by atoms with Gasteiger partial charge in [0.25, 0.3) is 0 Å². The quantitative estimate of drug-likeness (QED) is 0.563. The molecule has 0 bridgehead atoms. The molecule has 0 radical (unpaired) electrons. The van der Waals surface area contributed by atoms with Crippen LogP contribution in [0.5, 0.6) is 0 Å². The second kappa shape index (κ2) is 5.35. The van der Waals surface area contributed by atoms with Crippen molar-refractivity contribution in [3.8, 4) is 0 Å². The largest absolute Gasteiger partial charge is 0.480 e. The molecule has 36 heavy (non-hydrogen) atoms. The maximum Gasteiger partial charge on any atom is 0.318 e. The summed E-state index contributed by atoms with van der Waals surface area (Å²) >= 11 is 0. The molecule has 10 rings (SSSR count). The number of rotatable bonds is 1.